The number of hydrogen-bond acceptors (Lipinski definition) is 3. The summed E-state index contributed by atoms with van der Waals surface area (Å²) in [7, 11) is 2.16. The van der Waals surface area contributed by atoms with Gasteiger partial charge in [-0.25, -0.2) is 0 Å². The summed E-state index contributed by atoms with van der Waals surface area (Å²) in [6.45, 7) is 5.18. The van der Waals surface area contributed by atoms with Gasteiger partial charge in [-0.3, -0.25) is 9.69 Å². The highest BCUT2D eigenvalue weighted by atomic mass is 16.1. The molecule has 1 amide bonds. The van der Waals surface area contributed by atoms with Crippen molar-refractivity contribution < 1.29 is 4.79 Å². The molecule has 1 aliphatic heterocycles. The van der Waals surface area contributed by atoms with Crippen LogP contribution in [0.5, 0.6) is 0 Å². The van der Waals surface area contributed by atoms with Gasteiger partial charge in [-0.1, -0.05) is 48.5 Å². The maximum atomic E-state index is 12.3. The number of likely N-dealkylation sites (N-methyl/N-ethyl adjacent to an activating group) is 1. The third-order valence-corrected chi connectivity index (χ3v) is 4.49. The number of nitrogens with one attached hydrogen (secondary N) is 1. The van der Waals surface area contributed by atoms with E-state index < -0.39 is 0 Å². The molecule has 1 aliphatic rings. The zero-order valence-electron chi connectivity index (χ0n) is 14.7. The third-order valence-electron chi connectivity index (χ3n) is 4.49. The lowest BCUT2D eigenvalue weighted by molar-refractivity contribution is -0.111. The first-order chi connectivity index (χ1) is 12.2. The Morgan fingerprint density at radius 2 is 1.68 bits per heavy atom. The summed E-state index contributed by atoms with van der Waals surface area (Å²) >= 11 is 0. The fraction of sp³-hybridized carbons (Fsp3) is 0.286. The van der Waals surface area contributed by atoms with Crippen molar-refractivity contribution in [3.05, 3.63) is 71.8 Å². The molecule has 2 aromatic rings. The minimum absolute atomic E-state index is 0.102. The molecule has 4 heteroatoms. The second-order valence-corrected chi connectivity index (χ2v) is 6.47. The Morgan fingerprint density at radius 1 is 1.00 bits per heavy atom. The molecule has 1 N–H and O–H groups in total. The van der Waals surface area contributed by atoms with E-state index in [1.807, 2.05) is 54.6 Å². The number of piperazine rings is 1. The van der Waals surface area contributed by atoms with Crippen molar-refractivity contribution in [1.82, 2.24) is 9.80 Å². The molecule has 0 bridgehead atoms. The maximum Gasteiger partial charge on any atom is 0.248 e. The summed E-state index contributed by atoms with van der Waals surface area (Å²) in [6.07, 6.45) is 3.42. The Labute approximate surface area is 149 Å². The SMILES string of the molecule is CN1CCN(Cc2ccccc2NC(=O)/C=C/c2ccccc2)CC1. The smallest absolute Gasteiger partial charge is 0.248 e. The van der Waals surface area contributed by atoms with Gasteiger partial charge in [-0.15, -0.1) is 0 Å². The summed E-state index contributed by atoms with van der Waals surface area (Å²) in [5.74, 6) is -0.102. The first-order valence-electron chi connectivity index (χ1n) is 8.73. The van der Waals surface area contributed by atoms with Gasteiger partial charge in [-0.2, -0.15) is 0 Å². The summed E-state index contributed by atoms with van der Waals surface area (Å²) in [6, 6.07) is 17.9. The van der Waals surface area contributed by atoms with Crippen LogP contribution in [0.3, 0.4) is 0 Å². The van der Waals surface area contributed by atoms with Crippen LogP contribution < -0.4 is 5.32 Å². The molecule has 25 heavy (non-hydrogen) atoms. The average Bonchev–Trinajstić information content (AvgIpc) is 2.64. The van der Waals surface area contributed by atoms with E-state index in [4.69, 9.17) is 0 Å². The van der Waals surface area contributed by atoms with Crippen molar-refractivity contribution in [2.24, 2.45) is 0 Å². The molecule has 0 spiro atoms. The van der Waals surface area contributed by atoms with E-state index in [-0.39, 0.29) is 5.91 Å². The standard InChI is InChI=1S/C21H25N3O/c1-23-13-15-24(16-14-23)17-19-9-5-6-10-20(19)22-21(25)12-11-18-7-3-2-4-8-18/h2-12H,13-17H2,1H3,(H,22,25)/b12-11+. The lowest BCUT2D eigenvalue weighted by Crippen LogP contribution is -2.43. The summed E-state index contributed by atoms with van der Waals surface area (Å²) in [5.41, 5.74) is 3.07. The van der Waals surface area contributed by atoms with Crippen molar-refractivity contribution in [2.45, 2.75) is 6.54 Å². The highest BCUT2D eigenvalue weighted by molar-refractivity contribution is 6.02. The minimum atomic E-state index is -0.102. The molecular weight excluding hydrogens is 310 g/mol. The topological polar surface area (TPSA) is 35.6 Å². The monoisotopic (exact) mass is 335 g/mol. The Hall–Kier alpha value is -2.43. The molecule has 130 valence electrons. The van der Waals surface area contributed by atoms with Crippen LogP contribution in [0, 0.1) is 0 Å². The molecule has 4 nitrogen and oxygen atoms in total. The van der Waals surface area contributed by atoms with Gasteiger partial charge in [0.2, 0.25) is 5.91 Å². The average molecular weight is 335 g/mol. The van der Waals surface area contributed by atoms with E-state index in [0.717, 1.165) is 49.5 Å². The highest BCUT2D eigenvalue weighted by Crippen LogP contribution is 2.18. The zero-order valence-corrected chi connectivity index (χ0v) is 14.7. The second-order valence-electron chi connectivity index (χ2n) is 6.47. The molecule has 0 saturated carbocycles. The number of hydrogen-bond donors (Lipinski definition) is 1. The molecule has 2 aromatic carbocycles. The molecule has 0 atom stereocenters. The van der Waals surface area contributed by atoms with Crippen molar-refractivity contribution >= 4 is 17.7 Å². The van der Waals surface area contributed by atoms with E-state index in [9.17, 15) is 4.79 Å². The third kappa shape index (κ3) is 5.28. The predicted molar refractivity (Wildman–Crippen MR) is 103 cm³/mol. The van der Waals surface area contributed by atoms with Gasteiger partial charge < -0.3 is 10.2 Å². The Morgan fingerprint density at radius 3 is 2.44 bits per heavy atom. The largest absolute Gasteiger partial charge is 0.322 e. The van der Waals surface area contributed by atoms with Gasteiger partial charge in [0.25, 0.3) is 0 Å². The molecule has 1 fully saturated rings. The van der Waals surface area contributed by atoms with Gasteiger partial charge >= 0.3 is 0 Å². The molecule has 0 aliphatic carbocycles. The van der Waals surface area contributed by atoms with E-state index in [2.05, 4.69) is 28.2 Å². The summed E-state index contributed by atoms with van der Waals surface area (Å²) in [4.78, 5) is 17.0. The molecule has 0 aromatic heterocycles. The van der Waals surface area contributed by atoms with E-state index >= 15 is 0 Å². The summed E-state index contributed by atoms with van der Waals surface area (Å²) < 4.78 is 0. The van der Waals surface area contributed by atoms with Gasteiger partial charge in [0.15, 0.2) is 0 Å². The van der Waals surface area contributed by atoms with Crippen molar-refractivity contribution in [3.8, 4) is 0 Å². The van der Waals surface area contributed by atoms with Crippen LogP contribution in [-0.4, -0.2) is 48.9 Å². The van der Waals surface area contributed by atoms with E-state index in [0.29, 0.717) is 0 Å². The Kier molecular flexibility index (Phi) is 5.99. The number of benzene rings is 2. The number of para-hydroxylation sites is 1. The Balaban J connectivity index is 1.62. The van der Waals surface area contributed by atoms with Crippen LogP contribution in [0.1, 0.15) is 11.1 Å². The number of amides is 1. The molecule has 0 unspecified atom stereocenters. The van der Waals surface area contributed by atoms with E-state index in [1.54, 1.807) is 6.08 Å². The number of nitrogens with zero attached hydrogens (tertiary/aromatic N) is 2. The van der Waals surface area contributed by atoms with Crippen molar-refractivity contribution in [1.29, 1.82) is 0 Å². The van der Waals surface area contributed by atoms with Gasteiger partial charge in [0, 0.05) is 44.5 Å². The van der Waals surface area contributed by atoms with Crippen LogP contribution >= 0.6 is 0 Å². The first kappa shape index (κ1) is 17.4. The fourth-order valence-electron chi connectivity index (χ4n) is 2.94. The van der Waals surface area contributed by atoms with Gasteiger partial charge in [0.05, 0.1) is 0 Å². The number of rotatable bonds is 5. The van der Waals surface area contributed by atoms with Crippen LogP contribution in [-0.2, 0) is 11.3 Å². The second kappa shape index (κ2) is 8.60. The fourth-order valence-corrected chi connectivity index (χ4v) is 2.94. The molecule has 1 heterocycles. The van der Waals surface area contributed by atoms with Gasteiger partial charge in [-0.05, 0) is 30.3 Å². The zero-order chi connectivity index (χ0) is 17.5. The van der Waals surface area contributed by atoms with Crippen LogP contribution in [0.2, 0.25) is 0 Å². The summed E-state index contributed by atoms with van der Waals surface area (Å²) in [5, 5.41) is 3.02. The predicted octanol–water partition coefficient (Wildman–Crippen LogP) is 3.09. The first-order valence-corrected chi connectivity index (χ1v) is 8.73. The van der Waals surface area contributed by atoms with Crippen LogP contribution in [0.15, 0.2) is 60.7 Å². The lowest BCUT2D eigenvalue weighted by Gasteiger charge is -2.32. The normalized spacial score (nSPS) is 16.2. The van der Waals surface area contributed by atoms with Crippen molar-refractivity contribution in [2.75, 3.05) is 38.5 Å². The molecule has 3 rings (SSSR count). The van der Waals surface area contributed by atoms with Gasteiger partial charge in [0.1, 0.15) is 0 Å². The lowest BCUT2D eigenvalue weighted by atomic mass is 10.1. The maximum absolute atomic E-state index is 12.3. The van der Waals surface area contributed by atoms with Crippen molar-refractivity contribution in [3.63, 3.8) is 0 Å². The molecule has 0 radical (unpaired) electrons. The number of anilines is 1. The Bertz CT molecular complexity index is 719. The molecule has 1 saturated heterocycles. The van der Waals surface area contributed by atoms with Crippen LogP contribution in [0.25, 0.3) is 6.08 Å². The highest BCUT2D eigenvalue weighted by Gasteiger charge is 2.15. The quantitative estimate of drug-likeness (QED) is 0.853. The minimum Gasteiger partial charge on any atom is -0.322 e. The van der Waals surface area contributed by atoms with Crippen LogP contribution in [0.4, 0.5) is 5.69 Å². The van der Waals surface area contributed by atoms with E-state index in [1.165, 1.54) is 0 Å². The molecular formula is C21H25N3O. The number of carbonyl (C=O) groups is 1. The number of carbonyl (C=O) groups excluding carboxylic acids is 1.